The van der Waals surface area contributed by atoms with Crippen LogP contribution in [-0.4, -0.2) is 18.5 Å². The lowest BCUT2D eigenvalue weighted by molar-refractivity contribution is -0.132. The van der Waals surface area contributed by atoms with E-state index in [1.165, 1.54) is 38.5 Å². The van der Waals surface area contributed by atoms with Crippen LogP contribution in [-0.2, 0) is 9.53 Å². The Kier molecular flexibility index (Phi) is 5.92. The number of carbonyl (C=O) groups excluding carboxylic acids is 1. The molecule has 2 nitrogen and oxygen atoms in total. The maximum Gasteiger partial charge on any atom is 0.158 e. The Bertz CT molecular complexity index is 181. The molecule has 0 aromatic heterocycles. The molecule has 88 valence electrons. The highest BCUT2D eigenvalue weighted by atomic mass is 16.5. The van der Waals surface area contributed by atoms with Crippen molar-refractivity contribution in [2.24, 2.45) is 5.92 Å². The molecule has 0 N–H and O–H groups in total. The normalized spacial score (nSPS) is 20.9. The van der Waals surface area contributed by atoms with Crippen molar-refractivity contribution in [2.75, 3.05) is 6.61 Å². The number of Topliss-reactive ketones (excluding diaryl/α,β-unsaturated/α-hetero) is 1. The smallest absolute Gasteiger partial charge is 0.158 e. The number of carbonyl (C=O) groups is 1. The molecule has 1 unspecified atom stereocenters. The molecule has 1 aliphatic carbocycles. The maximum absolute atomic E-state index is 11.5. The van der Waals surface area contributed by atoms with E-state index in [2.05, 4.69) is 6.92 Å². The van der Waals surface area contributed by atoms with Crippen molar-refractivity contribution in [1.29, 1.82) is 0 Å². The second-order valence-electron chi connectivity index (χ2n) is 4.65. The van der Waals surface area contributed by atoms with E-state index in [1.54, 1.807) is 6.92 Å². The summed E-state index contributed by atoms with van der Waals surface area (Å²) in [5, 5.41) is 0. The number of ketones is 1. The molecule has 1 rings (SSSR count). The largest absolute Gasteiger partial charge is 0.370 e. The molecule has 2 heteroatoms. The van der Waals surface area contributed by atoms with Gasteiger partial charge < -0.3 is 4.74 Å². The standard InChI is InChI=1S/C13H24O2/c1-3-10-15-13(11(2)14)12-8-6-4-5-7-9-12/h12-13H,3-10H2,1-2H3. The van der Waals surface area contributed by atoms with Gasteiger partial charge in [-0.2, -0.15) is 0 Å². The molecule has 15 heavy (non-hydrogen) atoms. The average molecular weight is 212 g/mol. The van der Waals surface area contributed by atoms with Crippen molar-refractivity contribution in [3.05, 3.63) is 0 Å². The predicted octanol–water partition coefficient (Wildman–Crippen LogP) is 3.34. The molecule has 0 aromatic carbocycles. The van der Waals surface area contributed by atoms with E-state index in [1.807, 2.05) is 0 Å². The fourth-order valence-corrected chi connectivity index (χ4v) is 2.44. The Morgan fingerprint density at radius 2 is 1.87 bits per heavy atom. The van der Waals surface area contributed by atoms with Gasteiger partial charge in [0.25, 0.3) is 0 Å². The first-order valence-electron chi connectivity index (χ1n) is 6.37. The van der Waals surface area contributed by atoms with Gasteiger partial charge in [-0.05, 0) is 32.1 Å². The Morgan fingerprint density at radius 3 is 2.33 bits per heavy atom. The number of ether oxygens (including phenoxy) is 1. The summed E-state index contributed by atoms with van der Waals surface area (Å²) in [5.41, 5.74) is 0. The first-order valence-corrected chi connectivity index (χ1v) is 6.37. The second kappa shape index (κ2) is 7.00. The van der Waals surface area contributed by atoms with E-state index in [-0.39, 0.29) is 11.9 Å². The topological polar surface area (TPSA) is 26.3 Å². The van der Waals surface area contributed by atoms with Crippen molar-refractivity contribution >= 4 is 5.78 Å². The summed E-state index contributed by atoms with van der Waals surface area (Å²) in [5.74, 6) is 0.701. The third-order valence-corrected chi connectivity index (χ3v) is 3.23. The minimum absolute atomic E-state index is 0.122. The van der Waals surface area contributed by atoms with Crippen LogP contribution >= 0.6 is 0 Å². The van der Waals surface area contributed by atoms with Gasteiger partial charge in [0.05, 0.1) is 0 Å². The van der Waals surface area contributed by atoms with Crippen molar-refractivity contribution in [3.8, 4) is 0 Å². The number of hydrogen-bond donors (Lipinski definition) is 0. The monoisotopic (exact) mass is 212 g/mol. The molecule has 0 amide bonds. The molecular formula is C13H24O2. The summed E-state index contributed by atoms with van der Waals surface area (Å²) < 4.78 is 5.70. The van der Waals surface area contributed by atoms with Gasteiger partial charge in [0.15, 0.2) is 5.78 Å². The maximum atomic E-state index is 11.5. The third kappa shape index (κ3) is 4.33. The molecule has 1 fully saturated rings. The number of rotatable bonds is 5. The van der Waals surface area contributed by atoms with Gasteiger partial charge >= 0.3 is 0 Å². The van der Waals surface area contributed by atoms with Crippen molar-refractivity contribution in [3.63, 3.8) is 0 Å². The van der Waals surface area contributed by atoms with Gasteiger partial charge in [-0.15, -0.1) is 0 Å². The SMILES string of the molecule is CCCOC(C(C)=O)C1CCCCCC1. The molecule has 0 aliphatic heterocycles. The summed E-state index contributed by atoms with van der Waals surface area (Å²) in [6, 6.07) is 0. The summed E-state index contributed by atoms with van der Waals surface area (Å²) >= 11 is 0. The van der Waals surface area contributed by atoms with Gasteiger partial charge in [0.1, 0.15) is 6.10 Å². The fraction of sp³-hybridized carbons (Fsp3) is 0.923. The van der Waals surface area contributed by atoms with Crippen LogP contribution in [0.1, 0.15) is 58.8 Å². The summed E-state index contributed by atoms with van der Waals surface area (Å²) in [4.78, 5) is 11.5. The molecule has 1 aliphatic rings. The highest BCUT2D eigenvalue weighted by molar-refractivity contribution is 5.80. The van der Waals surface area contributed by atoms with Crippen molar-refractivity contribution < 1.29 is 9.53 Å². The summed E-state index contributed by atoms with van der Waals surface area (Å²) in [7, 11) is 0. The fourth-order valence-electron chi connectivity index (χ4n) is 2.44. The minimum Gasteiger partial charge on any atom is -0.370 e. The van der Waals surface area contributed by atoms with E-state index in [0.29, 0.717) is 5.92 Å². The molecule has 1 atom stereocenters. The van der Waals surface area contributed by atoms with Gasteiger partial charge in [-0.1, -0.05) is 32.6 Å². The van der Waals surface area contributed by atoms with Gasteiger partial charge in [0.2, 0.25) is 0 Å². The van der Waals surface area contributed by atoms with Crippen LogP contribution in [0.15, 0.2) is 0 Å². The Hall–Kier alpha value is -0.370. The molecule has 1 saturated carbocycles. The average Bonchev–Trinajstić information content (AvgIpc) is 2.47. The molecule has 0 aromatic rings. The molecule has 0 heterocycles. The molecule has 0 spiro atoms. The molecule has 0 radical (unpaired) electrons. The minimum atomic E-state index is -0.122. The van der Waals surface area contributed by atoms with Crippen LogP contribution in [0, 0.1) is 5.92 Å². The zero-order chi connectivity index (χ0) is 11.1. The van der Waals surface area contributed by atoms with Gasteiger partial charge in [0, 0.05) is 6.61 Å². The Morgan fingerprint density at radius 1 is 1.27 bits per heavy atom. The lowest BCUT2D eigenvalue weighted by atomic mass is 9.92. The predicted molar refractivity (Wildman–Crippen MR) is 61.9 cm³/mol. The zero-order valence-electron chi connectivity index (χ0n) is 10.1. The van der Waals surface area contributed by atoms with Crippen LogP contribution in [0.2, 0.25) is 0 Å². The van der Waals surface area contributed by atoms with Gasteiger partial charge in [-0.25, -0.2) is 0 Å². The van der Waals surface area contributed by atoms with Crippen LogP contribution < -0.4 is 0 Å². The second-order valence-corrected chi connectivity index (χ2v) is 4.65. The zero-order valence-corrected chi connectivity index (χ0v) is 10.1. The molecule has 0 bridgehead atoms. The van der Waals surface area contributed by atoms with Crippen LogP contribution in [0.5, 0.6) is 0 Å². The van der Waals surface area contributed by atoms with E-state index in [4.69, 9.17) is 4.74 Å². The van der Waals surface area contributed by atoms with E-state index in [0.717, 1.165) is 13.0 Å². The van der Waals surface area contributed by atoms with E-state index < -0.39 is 0 Å². The Balaban J connectivity index is 2.48. The Labute approximate surface area is 93.4 Å². The lowest BCUT2D eigenvalue weighted by Gasteiger charge is -2.23. The van der Waals surface area contributed by atoms with Crippen LogP contribution in [0.3, 0.4) is 0 Å². The van der Waals surface area contributed by atoms with Crippen molar-refractivity contribution in [1.82, 2.24) is 0 Å². The summed E-state index contributed by atoms with van der Waals surface area (Å²) in [6.45, 7) is 4.48. The lowest BCUT2D eigenvalue weighted by Crippen LogP contribution is -2.31. The van der Waals surface area contributed by atoms with E-state index in [9.17, 15) is 4.79 Å². The quantitative estimate of drug-likeness (QED) is 0.653. The first kappa shape index (κ1) is 12.7. The van der Waals surface area contributed by atoms with Crippen LogP contribution in [0.4, 0.5) is 0 Å². The third-order valence-electron chi connectivity index (χ3n) is 3.23. The number of hydrogen-bond acceptors (Lipinski definition) is 2. The van der Waals surface area contributed by atoms with Gasteiger partial charge in [-0.3, -0.25) is 4.79 Å². The van der Waals surface area contributed by atoms with E-state index >= 15 is 0 Å². The van der Waals surface area contributed by atoms with Crippen molar-refractivity contribution in [2.45, 2.75) is 64.9 Å². The molecular weight excluding hydrogens is 188 g/mol. The molecule has 0 saturated heterocycles. The highest BCUT2D eigenvalue weighted by Gasteiger charge is 2.26. The summed E-state index contributed by atoms with van der Waals surface area (Å²) in [6.07, 6.45) is 8.42. The first-order chi connectivity index (χ1) is 7.25. The van der Waals surface area contributed by atoms with Crippen LogP contribution in [0.25, 0.3) is 0 Å². The highest BCUT2D eigenvalue weighted by Crippen LogP contribution is 2.27.